The van der Waals surface area contributed by atoms with Crippen LogP contribution in [0.3, 0.4) is 0 Å². The highest BCUT2D eigenvalue weighted by atomic mass is 32.2. The van der Waals surface area contributed by atoms with E-state index < -0.39 is 16.6 Å². The molecule has 1 atom stereocenters. The molecule has 1 aromatic rings. The third kappa shape index (κ3) is 4.63. The molecule has 5 heteroatoms. The van der Waals surface area contributed by atoms with Gasteiger partial charge < -0.3 is 4.74 Å². The van der Waals surface area contributed by atoms with E-state index in [9.17, 15) is 8.60 Å². The zero-order chi connectivity index (χ0) is 12.7. The van der Waals surface area contributed by atoms with Crippen LogP contribution >= 0.6 is 0 Å². The SMILES string of the molecule is COCCCS(=O)Cc1ccc(C#N)cc1F. The lowest BCUT2D eigenvalue weighted by atomic mass is 10.1. The van der Waals surface area contributed by atoms with Crippen molar-refractivity contribution >= 4 is 10.8 Å². The van der Waals surface area contributed by atoms with Crippen molar-refractivity contribution < 1.29 is 13.3 Å². The van der Waals surface area contributed by atoms with Crippen molar-refractivity contribution in [3.8, 4) is 6.07 Å². The van der Waals surface area contributed by atoms with Crippen LogP contribution in [0, 0.1) is 17.1 Å². The number of halogens is 1. The highest BCUT2D eigenvalue weighted by Gasteiger charge is 2.07. The molecule has 0 saturated carbocycles. The van der Waals surface area contributed by atoms with Crippen LogP contribution in [0.5, 0.6) is 0 Å². The molecule has 3 nitrogen and oxygen atoms in total. The maximum atomic E-state index is 13.5. The van der Waals surface area contributed by atoms with Crippen molar-refractivity contribution in [1.82, 2.24) is 0 Å². The van der Waals surface area contributed by atoms with Crippen LogP contribution in [0.25, 0.3) is 0 Å². The Morgan fingerprint density at radius 2 is 2.29 bits per heavy atom. The molecule has 0 saturated heterocycles. The molecule has 0 amide bonds. The molecule has 0 bridgehead atoms. The molecule has 1 aromatic carbocycles. The van der Waals surface area contributed by atoms with E-state index in [1.54, 1.807) is 7.11 Å². The van der Waals surface area contributed by atoms with Crippen molar-refractivity contribution in [2.24, 2.45) is 0 Å². The number of rotatable bonds is 6. The molecule has 0 aliphatic rings. The van der Waals surface area contributed by atoms with Gasteiger partial charge in [-0.1, -0.05) is 6.07 Å². The van der Waals surface area contributed by atoms with E-state index in [2.05, 4.69) is 0 Å². The molecule has 0 N–H and O–H groups in total. The van der Waals surface area contributed by atoms with E-state index in [1.807, 2.05) is 6.07 Å². The molecule has 0 radical (unpaired) electrons. The van der Waals surface area contributed by atoms with Gasteiger partial charge in [0.25, 0.3) is 0 Å². The Kier molecular flexibility index (Phi) is 5.81. The summed E-state index contributed by atoms with van der Waals surface area (Å²) < 4.78 is 29.9. The van der Waals surface area contributed by atoms with E-state index in [0.717, 1.165) is 0 Å². The van der Waals surface area contributed by atoms with Crippen LogP contribution < -0.4 is 0 Å². The summed E-state index contributed by atoms with van der Waals surface area (Å²) in [6, 6.07) is 6.07. The van der Waals surface area contributed by atoms with Crippen molar-refractivity contribution in [2.45, 2.75) is 12.2 Å². The second-order valence-corrected chi connectivity index (χ2v) is 5.13. The monoisotopic (exact) mass is 255 g/mol. The first-order valence-corrected chi connectivity index (χ1v) is 6.68. The van der Waals surface area contributed by atoms with Crippen LogP contribution in [0.2, 0.25) is 0 Å². The van der Waals surface area contributed by atoms with E-state index in [1.165, 1.54) is 18.2 Å². The fourth-order valence-electron chi connectivity index (χ4n) is 1.34. The summed E-state index contributed by atoms with van der Waals surface area (Å²) in [7, 11) is 0.492. The molecule has 0 heterocycles. The highest BCUT2D eigenvalue weighted by Crippen LogP contribution is 2.12. The predicted octanol–water partition coefficient (Wildman–Crippen LogP) is 1.98. The molecule has 1 unspecified atom stereocenters. The summed E-state index contributed by atoms with van der Waals surface area (Å²) in [5, 5.41) is 8.59. The zero-order valence-corrected chi connectivity index (χ0v) is 10.4. The topological polar surface area (TPSA) is 50.1 Å². The predicted molar refractivity (Wildman–Crippen MR) is 64.3 cm³/mol. The third-order valence-electron chi connectivity index (χ3n) is 2.22. The first-order chi connectivity index (χ1) is 8.17. The van der Waals surface area contributed by atoms with E-state index in [0.29, 0.717) is 24.3 Å². The minimum Gasteiger partial charge on any atom is -0.385 e. The van der Waals surface area contributed by atoms with E-state index in [-0.39, 0.29) is 11.3 Å². The highest BCUT2D eigenvalue weighted by molar-refractivity contribution is 7.84. The van der Waals surface area contributed by atoms with E-state index >= 15 is 0 Å². The quantitative estimate of drug-likeness (QED) is 0.730. The van der Waals surface area contributed by atoms with Gasteiger partial charge in [-0.25, -0.2) is 4.39 Å². The lowest BCUT2D eigenvalue weighted by Gasteiger charge is -2.04. The molecular formula is C12H14FNO2S. The van der Waals surface area contributed by atoms with Gasteiger partial charge in [0, 0.05) is 35.8 Å². The average molecular weight is 255 g/mol. The number of hydrogen-bond acceptors (Lipinski definition) is 3. The van der Waals surface area contributed by atoms with Crippen LogP contribution in [-0.2, 0) is 21.3 Å². The van der Waals surface area contributed by atoms with Gasteiger partial charge in [-0.3, -0.25) is 4.21 Å². The number of nitriles is 1. The number of nitrogens with zero attached hydrogens (tertiary/aromatic N) is 1. The molecule has 0 spiro atoms. The fraction of sp³-hybridized carbons (Fsp3) is 0.417. The Balaban J connectivity index is 2.57. The summed E-state index contributed by atoms with van der Waals surface area (Å²) in [5.41, 5.74) is 0.663. The van der Waals surface area contributed by atoms with Gasteiger partial charge in [0.05, 0.1) is 17.4 Å². The number of ether oxygens (including phenoxy) is 1. The second kappa shape index (κ2) is 7.15. The molecule has 0 aliphatic heterocycles. The maximum absolute atomic E-state index is 13.5. The van der Waals surface area contributed by atoms with Gasteiger partial charge in [0.2, 0.25) is 0 Å². The summed E-state index contributed by atoms with van der Waals surface area (Å²) in [6.07, 6.45) is 0.695. The molecule has 92 valence electrons. The van der Waals surface area contributed by atoms with Crippen LogP contribution in [-0.4, -0.2) is 23.7 Å². The average Bonchev–Trinajstić information content (AvgIpc) is 2.32. The maximum Gasteiger partial charge on any atom is 0.128 e. The van der Waals surface area contributed by atoms with Crippen LogP contribution in [0.4, 0.5) is 4.39 Å². The minimum atomic E-state index is -1.09. The largest absolute Gasteiger partial charge is 0.385 e. The first kappa shape index (κ1) is 13.8. The van der Waals surface area contributed by atoms with Gasteiger partial charge in [0.1, 0.15) is 5.82 Å². The number of benzene rings is 1. The van der Waals surface area contributed by atoms with Crippen molar-refractivity contribution in [1.29, 1.82) is 5.26 Å². The summed E-state index contributed by atoms with van der Waals surface area (Å²) >= 11 is 0. The molecule has 0 aromatic heterocycles. The lowest BCUT2D eigenvalue weighted by molar-refractivity contribution is 0.200. The zero-order valence-electron chi connectivity index (χ0n) is 9.61. The smallest absolute Gasteiger partial charge is 0.128 e. The summed E-state index contributed by atoms with van der Waals surface area (Å²) in [6.45, 7) is 0.557. The van der Waals surface area contributed by atoms with Crippen LogP contribution in [0.15, 0.2) is 18.2 Å². The van der Waals surface area contributed by atoms with Gasteiger partial charge in [-0.2, -0.15) is 5.26 Å². The van der Waals surface area contributed by atoms with Crippen molar-refractivity contribution in [2.75, 3.05) is 19.5 Å². The second-order valence-electron chi connectivity index (χ2n) is 3.55. The Morgan fingerprint density at radius 1 is 1.53 bits per heavy atom. The van der Waals surface area contributed by atoms with Gasteiger partial charge in [0.15, 0.2) is 0 Å². The summed E-state index contributed by atoms with van der Waals surface area (Å²) in [5.74, 6) is 0.207. The first-order valence-electron chi connectivity index (χ1n) is 5.20. The minimum absolute atomic E-state index is 0.182. The number of hydrogen-bond donors (Lipinski definition) is 0. The molecule has 1 rings (SSSR count). The van der Waals surface area contributed by atoms with Gasteiger partial charge in [-0.05, 0) is 18.6 Å². The lowest BCUT2D eigenvalue weighted by Crippen LogP contribution is -2.05. The van der Waals surface area contributed by atoms with Gasteiger partial charge >= 0.3 is 0 Å². The standard InChI is InChI=1S/C12H14FNO2S/c1-16-5-2-6-17(15)9-11-4-3-10(8-14)7-12(11)13/h3-4,7H,2,5-6,9H2,1H3. The summed E-state index contributed by atoms with van der Waals surface area (Å²) in [4.78, 5) is 0. The molecular weight excluding hydrogens is 241 g/mol. The molecule has 0 fully saturated rings. The van der Waals surface area contributed by atoms with E-state index in [4.69, 9.17) is 10.00 Å². The Bertz CT molecular complexity index is 443. The third-order valence-corrected chi connectivity index (χ3v) is 3.60. The van der Waals surface area contributed by atoms with Crippen molar-refractivity contribution in [3.63, 3.8) is 0 Å². The Hall–Kier alpha value is -1.25. The Labute approximate surface area is 103 Å². The van der Waals surface area contributed by atoms with Crippen LogP contribution in [0.1, 0.15) is 17.5 Å². The number of methoxy groups -OCH3 is 1. The Morgan fingerprint density at radius 3 is 2.88 bits per heavy atom. The molecule has 0 aliphatic carbocycles. The van der Waals surface area contributed by atoms with Gasteiger partial charge in [-0.15, -0.1) is 0 Å². The van der Waals surface area contributed by atoms with Crippen molar-refractivity contribution in [3.05, 3.63) is 35.1 Å². The normalized spacial score (nSPS) is 12.1. The molecule has 17 heavy (non-hydrogen) atoms. The fourth-order valence-corrected chi connectivity index (χ4v) is 2.51.